The first kappa shape index (κ1) is 13.2. The van der Waals surface area contributed by atoms with E-state index in [4.69, 9.17) is 4.42 Å². The molecule has 0 amide bonds. The van der Waals surface area contributed by atoms with E-state index in [0.29, 0.717) is 30.9 Å². The molecule has 108 valence electrons. The molecule has 0 aliphatic carbocycles. The maximum atomic E-state index is 13.2. The van der Waals surface area contributed by atoms with Gasteiger partial charge < -0.3 is 4.42 Å². The first-order valence-corrected chi connectivity index (χ1v) is 7.68. The van der Waals surface area contributed by atoms with Crippen molar-refractivity contribution in [3.63, 3.8) is 0 Å². The molecule has 0 saturated carbocycles. The minimum Gasteiger partial charge on any atom is -0.453 e. The van der Waals surface area contributed by atoms with Crippen LogP contribution in [0.2, 0.25) is 0 Å². The van der Waals surface area contributed by atoms with E-state index in [0.717, 1.165) is 27.5 Å². The highest BCUT2D eigenvalue weighted by atomic mass is 79.9. The van der Waals surface area contributed by atoms with Gasteiger partial charge in [0.25, 0.3) is 0 Å². The molecule has 1 fully saturated rings. The fourth-order valence-electron chi connectivity index (χ4n) is 2.77. The van der Waals surface area contributed by atoms with Crippen LogP contribution in [0.15, 0.2) is 33.3 Å². The van der Waals surface area contributed by atoms with Gasteiger partial charge in [0.2, 0.25) is 0 Å². The first-order chi connectivity index (χ1) is 10.2. The predicted molar refractivity (Wildman–Crippen MR) is 81.8 cm³/mol. The average Bonchev–Trinajstić information content (AvgIpc) is 3.02. The SMILES string of the molecule is F[C@@H]1CCN(Cc2ncc3oc4ccc(Br)cc4c3n2)C1. The van der Waals surface area contributed by atoms with Crippen molar-refractivity contribution < 1.29 is 8.81 Å². The van der Waals surface area contributed by atoms with Crippen LogP contribution >= 0.6 is 15.9 Å². The number of halogens is 2. The third-order valence-corrected chi connectivity index (χ3v) is 4.29. The summed E-state index contributed by atoms with van der Waals surface area (Å²) in [6.07, 6.45) is 1.58. The van der Waals surface area contributed by atoms with E-state index in [1.165, 1.54) is 0 Å². The number of furan rings is 1. The summed E-state index contributed by atoms with van der Waals surface area (Å²) < 4.78 is 19.9. The summed E-state index contributed by atoms with van der Waals surface area (Å²) in [5, 5.41) is 0.966. The Morgan fingerprint density at radius 3 is 3.10 bits per heavy atom. The van der Waals surface area contributed by atoms with Crippen molar-refractivity contribution >= 4 is 38.0 Å². The molecule has 6 heteroatoms. The smallest absolute Gasteiger partial charge is 0.172 e. The van der Waals surface area contributed by atoms with Crippen LogP contribution in [0.4, 0.5) is 4.39 Å². The van der Waals surface area contributed by atoms with Crippen molar-refractivity contribution in [3.8, 4) is 0 Å². The average molecular weight is 350 g/mol. The highest BCUT2D eigenvalue weighted by Gasteiger charge is 2.22. The van der Waals surface area contributed by atoms with Gasteiger partial charge in [0.1, 0.15) is 23.1 Å². The Morgan fingerprint density at radius 2 is 2.29 bits per heavy atom. The van der Waals surface area contributed by atoms with Crippen molar-refractivity contribution in [2.75, 3.05) is 13.1 Å². The Labute approximate surface area is 129 Å². The maximum Gasteiger partial charge on any atom is 0.172 e. The quantitative estimate of drug-likeness (QED) is 0.707. The Kier molecular flexibility index (Phi) is 3.15. The number of rotatable bonds is 2. The minimum absolute atomic E-state index is 0.471. The van der Waals surface area contributed by atoms with Crippen LogP contribution in [0.5, 0.6) is 0 Å². The monoisotopic (exact) mass is 349 g/mol. The zero-order valence-corrected chi connectivity index (χ0v) is 12.8. The fourth-order valence-corrected chi connectivity index (χ4v) is 3.14. The normalized spacial score (nSPS) is 19.8. The van der Waals surface area contributed by atoms with E-state index in [1.807, 2.05) is 23.1 Å². The Hall–Kier alpha value is -1.53. The molecule has 1 atom stereocenters. The van der Waals surface area contributed by atoms with Gasteiger partial charge in [0, 0.05) is 22.9 Å². The second-order valence-electron chi connectivity index (χ2n) is 5.36. The molecule has 21 heavy (non-hydrogen) atoms. The molecule has 4 nitrogen and oxygen atoms in total. The molecule has 0 N–H and O–H groups in total. The number of hydrogen-bond donors (Lipinski definition) is 0. The standard InChI is InChI=1S/C15H13BrFN3O/c16-9-1-2-12-11(5-9)15-13(21-12)6-18-14(19-15)8-20-4-3-10(17)7-20/h1-2,5-6,10H,3-4,7-8H2/t10-/m1/s1. The van der Waals surface area contributed by atoms with Gasteiger partial charge in [0.05, 0.1) is 12.7 Å². The van der Waals surface area contributed by atoms with E-state index in [9.17, 15) is 4.39 Å². The van der Waals surface area contributed by atoms with Crippen LogP contribution in [0.3, 0.4) is 0 Å². The van der Waals surface area contributed by atoms with Crippen LogP contribution in [0, 0.1) is 0 Å². The van der Waals surface area contributed by atoms with Crippen LogP contribution in [0.25, 0.3) is 22.1 Å². The number of alkyl halides is 1. The molecule has 0 radical (unpaired) electrons. The van der Waals surface area contributed by atoms with Gasteiger partial charge in [-0.3, -0.25) is 4.90 Å². The Balaban J connectivity index is 1.74. The van der Waals surface area contributed by atoms with Crippen LogP contribution in [0.1, 0.15) is 12.2 Å². The molecule has 1 aromatic carbocycles. The zero-order chi connectivity index (χ0) is 14.4. The van der Waals surface area contributed by atoms with Crippen LogP contribution in [-0.4, -0.2) is 34.1 Å². The number of likely N-dealkylation sites (tertiary alicyclic amines) is 1. The highest BCUT2D eigenvalue weighted by Crippen LogP contribution is 2.29. The molecule has 0 bridgehead atoms. The molecule has 3 aromatic rings. The van der Waals surface area contributed by atoms with Gasteiger partial charge in [-0.2, -0.15) is 0 Å². The lowest BCUT2D eigenvalue weighted by molar-refractivity contribution is 0.278. The number of nitrogens with zero attached hydrogens (tertiary/aromatic N) is 3. The van der Waals surface area contributed by atoms with Crippen LogP contribution in [-0.2, 0) is 6.54 Å². The molecule has 1 aliphatic rings. The van der Waals surface area contributed by atoms with Crippen molar-refractivity contribution in [2.24, 2.45) is 0 Å². The first-order valence-electron chi connectivity index (χ1n) is 6.89. The molecular weight excluding hydrogens is 337 g/mol. The van der Waals surface area contributed by atoms with Crippen molar-refractivity contribution in [3.05, 3.63) is 34.7 Å². The van der Waals surface area contributed by atoms with E-state index in [2.05, 4.69) is 25.9 Å². The lowest BCUT2D eigenvalue weighted by Gasteiger charge is -2.12. The lowest BCUT2D eigenvalue weighted by Crippen LogP contribution is -2.21. The summed E-state index contributed by atoms with van der Waals surface area (Å²) in [7, 11) is 0. The van der Waals surface area contributed by atoms with Crippen molar-refractivity contribution in [1.29, 1.82) is 0 Å². The molecule has 1 aliphatic heterocycles. The molecule has 4 rings (SSSR count). The van der Waals surface area contributed by atoms with Gasteiger partial charge in [0.15, 0.2) is 5.58 Å². The summed E-state index contributed by atoms with van der Waals surface area (Å²) in [4.78, 5) is 11.0. The number of aromatic nitrogens is 2. The molecular formula is C15H13BrFN3O. The van der Waals surface area contributed by atoms with Crippen molar-refractivity contribution in [1.82, 2.24) is 14.9 Å². The molecule has 0 spiro atoms. The van der Waals surface area contributed by atoms with Gasteiger partial charge in [-0.05, 0) is 24.6 Å². The van der Waals surface area contributed by atoms with Gasteiger partial charge >= 0.3 is 0 Å². The highest BCUT2D eigenvalue weighted by molar-refractivity contribution is 9.10. The summed E-state index contributed by atoms with van der Waals surface area (Å²) in [5.41, 5.74) is 2.29. The minimum atomic E-state index is -0.723. The fraction of sp³-hybridized carbons (Fsp3) is 0.333. The molecule has 3 heterocycles. The summed E-state index contributed by atoms with van der Waals surface area (Å²) in [6, 6.07) is 5.84. The van der Waals surface area contributed by atoms with Crippen LogP contribution < -0.4 is 0 Å². The number of benzene rings is 1. The number of hydrogen-bond acceptors (Lipinski definition) is 4. The Bertz CT molecular complexity index is 819. The lowest BCUT2D eigenvalue weighted by atomic mass is 10.2. The summed E-state index contributed by atoms with van der Waals surface area (Å²) in [5.74, 6) is 0.708. The predicted octanol–water partition coefficient (Wildman–Crippen LogP) is 3.68. The molecule has 0 unspecified atom stereocenters. The van der Waals surface area contributed by atoms with E-state index in [-0.39, 0.29) is 0 Å². The second kappa shape index (κ2) is 5.03. The molecule has 2 aromatic heterocycles. The zero-order valence-electron chi connectivity index (χ0n) is 11.2. The van der Waals surface area contributed by atoms with E-state index < -0.39 is 6.17 Å². The largest absolute Gasteiger partial charge is 0.453 e. The Morgan fingerprint density at radius 1 is 1.38 bits per heavy atom. The van der Waals surface area contributed by atoms with Gasteiger partial charge in [-0.1, -0.05) is 15.9 Å². The second-order valence-corrected chi connectivity index (χ2v) is 6.28. The summed E-state index contributed by atoms with van der Waals surface area (Å²) in [6.45, 7) is 1.82. The van der Waals surface area contributed by atoms with E-state index in [1.54, 1.807) is 6.20 Å². The van der Waals surface area contributed by atoms with Gasteiger partial charge in [-0.25, -0.2) is 14.4 Å². The summed E-state index contributed by atoms with van der Waals surface area (Å²) >= 11 is 3.46. The molecule has 1 saturated heterocycles. The van der Waals surface area contributed by atoms with Crippen molar-refractivity contribution in [2.45, 2.75) is 19.1 Å². The third kappa shape index (κ3) is 2.42. The van der Waals surface area contributed by atoms with Gasteiger partial charge in [-0.15, -0.1) is 0 Å². The topological polar surface area (TPSA) is 42.2 Å². The van der Waals surface area contributed by atoms with E-state index >= 15 is 0 Å². The maximum absolute atomic E-state index is 13.2. The number of fused-ring (bicyclic) bond motifs is 3. The third-order valence-electron chi connectivity index (χ3n) is 3.80.